The van der Waals surface area contributed by atoms with E-state index in [2.05, 4.69) is 5.32 Å². The van der Waals surface area contributed by atoms with Crippen LogP contribution in [0.15, 0.2) is 24.3 Å². The van der Waals surface area contributed by atoms with Gasteiger partial charge in [0.05, 0.1) is 17.8 Å². The largest absolute Gasteiger partial charge is 0.478 e. The summed E-state index contributed by atoms with van der Waals surface area (Å²) in [4.78, 5) is 23.4. The summed E-state index contributed by atoms with van der Waals surface area (Å²) >= 11 is 0. The van der Waals surface area contributed by atoms with Crippen LogP contribution in [0.1, 0.15) is 11.1 Å². The number of nitriles is 1. The number of rotatable bonds is 5. The predicted molar refractivity (Wildman–Crippen MR) is 75.2 cm³/mol. The van der Waals surface area contributed by atoms with Crippen molar-refractivity contribution in [2.75, 3.05) is 25.5 Å². The molecule has 0 heterocycles. The van der Waals surface area contributed by atoms with E-state index >= 15 is 0 Å². The number of nitrogens with one attached hydrogen (secondary N) is 1. The van der Waals surface area contributed by atoms with E-state index in [1.807, 2.05) is 6.07 Å². The molecule has 1 rings (SSSR count). The van der Waals surface area contributed by atoms with E-state index in [1.165, 1.54) is 6.08 Å². The molecule has 0 aliphatic heterocycles. The molecule has 6 nitrogen and oxygen atoms in total. The third-order valence-electron chi connectivity index (χ3n) is 2.63. The third kappa shape index (κ3) is 4.14. The zero-order valence-electron chi connectivity index (χ0n) is 11.3. The van der Waals surface area contributed by atoms with Crippen molar-refractivity contribution < 1.29 is 14.7 Å². The van der Waals surface area contributed by atoms with Crippen LogP contribution < -0.4 is 10.2 Å². The second kappa shape index (κ2) is 6.95. The molecule has 0 saturated heterocycles. The van der Waals surface area contributed by atoms with E-state index in [0.717, 1.165) is 6.08 Å². The lowest BCUT2D eigenvalue weighted by atomic mass is 10.1. The first kappa shape index (κ1) is 15.2. The van der Waals surface area contributed by atoms with Crippen LogP contribution in [-0.4, -0.2) is 37.6 Å². The first-order valence-corrected chi connectivity index (χ1v) is 5.84. The summed E-state index contributed by atoms with van der Waals surface area (Å²) in [6.45, 7) is 0.134. The lowest BCUT2D eigenvalue weighted by Gasteiger charge is -2.19. The minimum Gasteiger partial charge on any atom is -0.478 e. The number of hydrogen-bond donors (Lipinski definition) is 2. The van der Waals surface area contributed by atoms with Crippen molar-refractivity contribution >= 4 is 23.6 Å². The molecular weight excluding hydrogens is 258 g/mol. The van der Waals surface area contributed by atoms with Gasteiger partial charge < -0.3 is 15.3 Å². The first-order chi connectivity index (χ1) is 9.47. The number of carboxylic acid groups (broad SMARTS) is 1. The lowest BCUT2D eigenvalue weighted by molar-refractivity contribution is -0.131. The standard InChI is InChI=1S/C14H15N3O3/c1-16-13(18)9-17(2)12-5-3-10(4-6-14(19)20)7-11(12)8-15/h3-7H,9H2,1-2H3,(H,16,18)(H,19,20)/b6-4+. The molecule has 0 radical (unpaired) electrons. The molecule has 6 heteroatoms. The highest BCUT2D eigenvalue weighted by atomic mass is 16.4. The van der Waals surface area contributed by atoms with Gasteiger partial charge in [0.15, 0.2) is 0 Å². The van der Waals surface area contributed by atoms with Crippen molar-refractivity contribution in [3.63, 3.8) is 0 Å². The van der Waals surface area contributed by atoms with Crippen LogP contribution in [-0.2, 0) is 9.59 Å². The average molecular weight is 273 g/mol. The van der Waals surface area contributed by atoms with E-state index < -0.39 is 5.97 Å². The zero-order valence-corrected chi connectivity index (χ0v) is 11.3. The molecule has 20 heavy (non-hydrogen) atoms. The SMILES string of the molecule is CNC(=O)CN(C)c1ccc(/C=C/C(=O)O)cc1C#N. The van der Waals surface area contributed by atoms with E-state index in [4.69, 9.17) is 10.4 Å². The van der Waals surface area contributed by atoms with Gasteiger partial charge in [-0.15, -0.1) is 0 Å². The summed E-state index contributed by atoms with van der Waals surface area (Å²) in [6, 6.07) is 6.99. The molecule has 2 N–H and O–H groups in total. The van der Waals surface area contributed by atoms with Crippen LogP contribution >= 0.6 is 0 Å². The molecule has 104 valence electrons. The second-order valence-electron chi connectivity index (χ2n) is 4.09. The van der Waals surface area contributed by atoms with Crippen LogP contribution in [0.25, 0.3) is 6.08 Å². The van der Waals surface area contributed by atoms with Crippen LogP contribution in [0.3, 0.4) is 0 Å². The molecule has 0 aliphatic rings. The van der Waals surface area contributed by atoms with Crippen molar-refractivity contribution in [1.29, 1.82) is 5.26 Å². The molecular formula is C14H15N3O3. The van der Waals surface area contributed by atoms with Gasteiger partial charge in [-0.25, -0.2) is 4.79 Å². The highest BCUT2D eigenvalue weighted by Gasteiger charge is 2.10. The molecule has 0 spiro atoms. The summed E-state index contributed by atoms with van der Waals surface area (Å²) in [5.74, 6) is -1.21. The van der Waals surface area contributed by atoms with Gasteiger partial charge >= 0.3 is 5.97 Å². The average Bonchev–Trinajstić information content (AvgIpc) is 2.44. The Morgan fingerprint density at radius 3 is 2.75 bits per heavy atom. The molecule has 1 aromatic carbocycles. The number of benzene rings is 1. The monoisotopic (exact) mass is 273 g/mol. The fraction of sp³-hybridized carbons (Fsp3) is 0.214. The van der Waals surface area contributed by atoms with Gasteiger partial charge in [0.2, 0.25) is 5.91 Å². The maximum Gasteiger partial charge on any atom is 0.328 e. The van der Waals surface area contributed by atoms with E-state index in [1.54, 1.807) is 37.2 Å². The summed E-state index contributed by atoms with van der Waals surface area (Å²) in [5.41, 5.74) is 1.61. The maximum atomic E-state index is 11.3. The number of hydrogen-bond acceptors (Lipinski definition) is 4. The predicted octanol–water partition coefficient (Wildman–Crippen LogP) is 0.838. The van der Waals surface area contributed by atoms with Gasteiger partial charge in [-0.05, 0) is 23.8 Å². The maximum absolute atomic E-state index is 11.3. The molecule has 0 aliphatic carbocycles. The van der Waals surface area contributed by atoms with Crippen molar-refractivity contribution in [3.05, 3.63) is 35.4 Å². The van der Waals surface area contributed by atoms with Crippen LogP contribution in [0, 0.1) is 11.3 Å². The fourth-order valence-corrected chi connectivity index (χ4v) is 1.63. The number of likely N-dealkylation sites (N-methyl/N-ethyl adjacent to an activating group) is 2. The molecule has 0 aromatic heterocycles. The molecule has 0 bridgehead atoms. The number of carbonyl (C=O) groups excluding carboxylic acids is 1. The van der Waals surface area contributed by atoms with Gasteiger partial charge in [0.25, 0.3) is 0 Å². The van der Waals surface area contributed by atoms with Gasteiger partial charge in [-0.1, -0.05) is 6.07 Å². The minimum atomic E-state index is -1.05. The Hall–Kier alpha value is -2.81. The minimum absolute atomic E-state index is 0.134. The Kier molecular flexibility index (Phi) is 5.30. The Balaban J connectivity index is 3.02. The summed E-state index contributed by atoms with van der Waals surface area (Å²) in [7, 11) is 3.25. The fourth-order valence-electron chi connectivity index (χ4n) is 1.63. The first-order valence-electron chi connectivity index (χ1n) is 5.84. The van der Waals surface area contributed by atoms with Crippen LogP contribution in [0.2, 0.25) is 0 Å². The summed E-state index contributed by atoms with van der Waals surface area (Å²) in [5, 5.41) is 20.2. The summed E-state index contributed by atoms with van der Waals surface area (Å²) in [6.07, 6.45) is 2.41. The van der Waals surface area contributed by atoms with E-state index in [0.29, 0.717) is 16.8 Å². The van der Waals surface area contributed by atoms with E-state index in [9.17, 15) is 9.59 Å². The molecule has 0 atom stereocenters. The topological polar surface area (TPSA) is 93.4 Å². The Morgan fingerprint density at radius 2 is 2.20 bits per heavy atom. The molecule has 0 fully saturated rings. The van der Waals surface area contributed by atoms with Crippen molar-refractivity contribution in [1.82, 2.24) is 5.32 Å². The number of aliphatic carboxylic acids is 1. The molecule has 1 amide bonds. The quantitative estimate of drug-likeness (QED) is 0.775. The molecule has 0 saturated carbocycles. The highest BCUT2D eigenvalue weighted by molar-refractivity contribution is 5.86. The Labute approximate surface area is 116 Å². The highest BCUT2D eigenvalue weighted by Crippen LogP contribution is 2.21. The molecule has 1 aromatic rings. The van der Waals surface area contributed by atoms with Crippen molar-refractivity contribution in [3.8, 4) is 6.07 Å². The van der Waals surface area contributed by atoms with Crippen LogP contribution in [0.5, 0.6) is 0 Å². The lowest BCUT2D eigenvalue weighted by Crippen LogP contribution is -2.33. The number of carboxylic acids is 1. The second-order valence-corrected chi connectivity index (χ2v) is 4.09. The molecule has 0 unspecified atom stereocenters. The summed E-state index contributed by atoms with van der Waals surface area (Å²) < 4.78 is 0. The smallest absolute Gasteiger partial charge is 0.328 e. The van der Waals surface area contributed by atoms with Crippen molar-refractivity contribution in [2.24, 2.45) is 0 Å². The number of nitrogens with zero attached hydrogens (tertiary/aromatic N) is 2. The Bertz CT molecular complexity index is 588. The van der Waals surface area contributed by atoms with E-state index in [-0.39, 0.29) is 12.5 Å². The Morgan fingerprint density at radius 1 is 1.50 bits per heavy atom. The number of amides is 1. The van der Waals surface area contributed by atoms with Gasteiger partial charge in [0.1, 0.15) is 6.07 Å². The third-order valence-corrected chi connectivity index (χ3v) is 2.63. The van der Waals surface area contributed by atoms with Crippen LogP contribution in [0.4, 0.5) is 5.69 Å². The zero-order chi connectivity index (χ0) is 15.1. The van der Waals surface area contributed by atoms with Gasteiger partial charge in [0, 0.05) is 20.2 Å². The number of anilines is 1. The normalized spacial score (nSPS) is 10.1. The number of carbonyl (C=O) groups is 2. The van der Waals surface area contributed by atoms with Gasteiger partial charge in [-0.2, -0.15) is 5.26 Å². The van der Waals surface area contributed by atoms with Crippen molar-refractivity contribution in [2.45, 2.75) is 0 Å². The van der Waals surface area contributed by atoms with Gasteiger partial charge in [-0.3, -0.25) is 4.79 Å².